The Labute approximate surface area is 89.0 Å². The quantitative estimate of drug-likeness (QED) is 0.799. The highest BCUT2D eigenvalue weighted by atomic mass is 32.1. The van der Waals surface area contributed by atoms with Crippen molar-refractivity contribution in [2.45, 2.75) is 31.3 Å². The van der Waals surface area contributed by atoms with Gasteiger partial charge in [-0.25, -0.2) is 0 Å². The molecule has 0 unspecified atom stereocenters. The minimum Gasteiger partial charge on any atom is -0.390 e. The molecule has 0 aliphatic carbocycles. The minimum atomic E-state index is -0.407. The second kappa shape index (κ2) is 4.43. The van der Waals surface area contributed by atoms with Crippen LogP contribution in [0, 0.1) is 0 Å². The van der Waals surface area contributed by atoms with Crippen LogP contribution < -0.4 is 5.32 Å². The van der Waals surface area contributed by atoms with Crippen molar-refractivity contribution in [2.24, 2.45) is 0 Å². The molecule has 1 aromatic heterocycles. The third kappa shape index (κ3) is 2.56. The van der Waals surface area contributed by atoms with Crippen LogP contribution in [0.1, 0.15) is 24.1 Å². The summed E-state index contributed by atoms with van der Waals surface area (Å²) in [6, 6.07) is 4.22. The first-order chi connectivity index (χ1) is 6.79. The molecule has 3 heteroatoms. The maximum absolute atomic E-state index is 10.2. The number of hydrogen-bond acceptors (Lipinski definition) is 3. The van der Waals surface area contributed by atoms with E-state index in [2.05, 4.69) is 22.8 Å². The van der Waals surface area contributed by atoms with Gasteiger partial charge in [-0.05, 0) is 50.2 Å². The molecular weight excluding hydrogens is 194 g/mol. The topological polar surface area (TPSA) is 32.3 Å². The third-order valence-corrected chi connectivity index (χ3v) is 3.89. The van der Waals surface area contributed by atoms with E-state index in [-0.39, 0.29) is 0 Å². The van der Waals surface area contributed by atoms with Gasteiger partial charge in [0.25, 0.3) is 0 Å². The Kier molecular flexibility index (Phi) is 3.21. The Morgan fingerprint density at radius 1 is 1.43 bits per heavy atom. The van der Waals surface area contributed by atoms with Crippen molar-refractivity contribution in [3.8, 4) is 0 Å². The van der Waals surface area contributed by atoms with Crippen LogP contribution in [-0.4, -0.2) is 23.8 Å². The summed E-state index contributed by atoms with van der Waals surface area (Å²) in [5, 5.41) is 15.6. The summed E-state index contributed by atoms with van der Waals surface area (Å²) >= 11 is 1.78. The normalized spacial score (nSPS) is 20.9. The molecule has 0 radical (unpaired) electrons. The minimum absolute atomic E-state index is 0.407. The van der Waals surface area contributed by atoms with Gasteiger partial charge in [-0.3, -0.25) is 0 Å². The van der Waals surface area contributed by atoms with Crippen molar-refractivity contribution in [1.82, 2.24) is 5.32 Å². The molecule has 0 aromatic carbocycles. The third-order valence-electron chi connectivity index (χ3n) is 2.95. The molecule has 1 aliphatic rings. The van der Waals surface area contributed by atoms with Gasteiger partial charge in [-0.2, -0.15) is 0 Å². The van der Waals surface area contributed by atoms with E-state index < -0.39 is 5.60 Å². The lowest BCUT2D eigenvalue weighted by atomic mass is 9.88. The summed E-state index contributed by atoms with van der Waals surface area (Å²) in [6.07, 6.45) is 3.74. The first kappa shape index (κ1) is 10.1. The van der Waals surface area contributed by atoms with Crippen LogP contribution in [0.2, 0.25) is 0 Å². The molecule has 2 nitrogen and oxygen atoms in total. The summed E-state index contributed by atoms with van der Waals surface area (Å²) in [4.78, 5) is 1.39. The molecule has 1 saturated heterocycles. The number of thiophene rings is 1. The van der Waals surface area contributed by atoms with E-state index in [1.165, 1.54) is 4.88 Å². The second-order valence-corrected chi connectivity index (χ2v) is 5.09. The molecule has 0 amide bonds. The van der Waals surface area contributed by atoms with Crippen molar-refractivity contribution < 1.29 is 5.11 Å². The molecule has 0 atom stereocenters. The summed E-state index contributed by atoms with van der Waals surface area (Å²) in [5.74, 6) is 0. The van der Waals surface area contributed by atoms with E-state index in [4.69, 9.17) is 0 Å². The molecule has 1 fully saturated rings. The maximum Gasteiger partial charge on any atom is 0.0675 e. The van der Waals surface area contributed by atoms with Crippen molar-refractivity contribution in [1.29, 1.82) is 0 Å². The number of nitrogens with one attached hydrogen (secondary N) is 1. The standard InChI is InChI=1S/C11H17NOS/c13-11(5-7-12-8-6-11)4-3-10-2-1-9-14-10/h1-2,9,12-13H,3-8H2. The van der Waals surface area contributed by atoms with E-state index >= 15 is 0 Å². The highest BCUT2D eigenvalue weighted by Gasteiger charge is 2.28. The van der Waals surface area contributed by atoms with Crippen LogP contribution >= 0.6 is 11.3 Å². The van der Waals surface area contributed by atoms with E-state index in [0.29, 0.717) is 0 Å². The van der Waals surface area contributed by atoms with Gasteiger partial charge in [0, 0.05) is 4.88 Å². The summed E-state index contributed by atoms with van der Waals surface area (Å²) in [6.45, 7) is 1.92. The van der Waals surface area contributed by atoms with Crippen molar-refractivity contribution in [3.63, 3.8) is 0 Å². The van der Waals surface area contributed by atoms with Crippen LogP contribution in [0.25, 0.3) is 0 Å². The first-order valence-electron chi connectivity index (χ1n) is 5.24. The van der Waals surface area contributed by atoms with Gasteiger partial charge in [-0.15, -0.1) is 11.3 Å². The van der Waals surface area contributed by atoms with Gasteiger partial charge < -0.3 is 10.4 Å². The SMILES string of the molecule is OC1(CCc2cccs2)CCNCC1. The number of rotatable bonds is 3. The van der Waals surface area contributed by atoms with Crippen LogP contribution in [0.4, 0.5) is 0 Å². The Bertz CT molecular complexity index is 265. The lowest BCUT2D eigenvalue weighted by Gasteiger charge is -2.32. The smallest absolute Gasteiger partial charge is 0.0675 e. The molecule has 2 N–H and O–H groups in total. The zero-order chi connectivity index (χ0) is 9.86. The number of aliphatic hydroxyl groups is 1. The van der Waals surface area contributed by atoms with Gasteiger partial charge in [-0.1, -0.05) is 6.07 Å². The second-order valence-electron chi connectivity index (χ2n) is 4.05. The molecule has 0 spiro atoms. The number of aryl methyl sites for hydroxylation is 1. The number of hydrogen-bond donors (Lipinski definition) is 2. The van der Waals surface area contributed by atoms with E-state index in [0.717, 1.165) is 38.8 Å². The molecule has 2 heterocycles. The first-order valence-corrected chi connectivity index (χ1v) is 6.12. The lowest BCUT2D eigenvalue weighted by Crippen LogP contribution is -2.42. The average Bonchev–Trinajstić information content (AvgIpc) is 2.69. The molecule has 0 bridgehead atoms. The van der Waals surface area contributed by atoms with Gasteiger partial charge in [0.2, 0.25) is 0 Å². The fraction of sp³-hybridized carbons (Fsp3) is 0.636. The Morgan fingerprint density at radius 3 is 2.86 bits per heavy atom. The fourth-order valence-corrected chi connectivity index (χ4v) is 2.66. The van der Waals surface area contributed by atoms with Crippen LogP contribution in [0.15, 0.2) is 17.5 Å². The van der Waals surface area contributed by atoms with E-state index in [9.17, 15) is 5.11 Å². The Hall–Kier alpha value is -0.380. The van der Waals surface area contributed by atoms with Crippen LogP contribution in [0.3, 0.4) is 0 Å². The zero-order valence-electron chi connectivity index (χ0n) is 8.33. The lowest BCUT2D eigenvalue weighted by molar-refractivity contribution is 0.00299. The monoisotopic (exact) mass is 211 g/mol. The van der Waals surface area contributed by atoms with Gasteiger partial charge in [0.05, 0.1) is 5.60 Å². The maximum atomic E-state index is 10.2. The molecule has 78 valence electrons. The Balaban J connectivity index is 1.84. The Morgan fingerprint density at radius 2 is 2.21 bits per heavy atom. The van der Waals surface area contributed by atoms with Crippen LogP contribution in [0.5, 0.6) is 0 Å². The van der Waals surface area contributed by atoms with Gasteiger partial charge >= 0.3 is 0 Å². The molecule has 2 rings (SSSR count). The van der Waals surface area contributed by atoms with Crippen molar-refractivity contribution in [2.75, 3.05) is 13.1 Å². The zero-order valence-corrected chi connectivity index (χ0v) is 9.15. The summed E-state index contributed by atoms with van der Waals surface area (Å²) < 4.78 is 0. The van der Waals surface area contributed by atoms with Gasteiger partial charge in [0.15, 0.2) is 0 Å². The molecule has 0 saturated carbocycles. The number of piperidine rings is 1. The molecule has 1 aliphatic heterocycles. The molecule has 14 heavy (non-hydrogen) atoms. The highest BCUT2D eigenvalue weighted by molar-refractivity contribution is 7.09. The predicted octanol–water partition coefficient (Wildman–Crippen LogP) is 1.80. The molecular formula is C11H17NOS. The van der Waals surface area contributed by atoms with Crippen molar-refractivity contribution in [3.05, 3.63) is 22.4 Å². The summed E-state index contributed by atoms with van der Waals surface area (Å²) in [7, 11) is 0. The van der Waals surface area contributed by atoms with E-state index in [1.807, 2.05) is 0 Å². The van der Waals surface area contributed by atoms with E-state index in [1.54, 1.807) is 11.3 Å². The average molecular weight is 211 g/mol. The van der Waals surface area contributed by atoms with Gasteiger partial charge in [0.1, 0.15) is 0 Å². The molecule has 1 aromatic rings. The largest absolute Gasteiger partial charge is 0.390 e. The highest BCUT2D eigenvalue weighted by Crippen LogP contribution is 2.25. The summed E-state index contributed by atoms with van der Waals surface area (Å²) in [5.41, 5.74) is -0.407. The van der Waals surface area contributed by atoms with Crippen LogP contribution in [-0.2, 0) is 6.42 Å². The van der Waals surface area contributed by atoms with Crippen molar-refractivity contribution >= 4 is 11.3 Å². The predicted molar refractivity (Wildman–Crippen MR) is 59.7 cm³/mol. The fourth-order valence-electron chi connectivity index (χ4n) is 1.95.